The van der Waals surface area contributed by atoms with E-state index in [-0.39, 0.29) is 79.4 Å². The van der Waals surface area contributed by atoms with Gasteiger partial charge in [0.25, 0.3) is 5.91 Å². The van der Waals surface area contributed by atoms with Crippen LogP contribution in [0.4, 0.5) is 20.8 Å². The number of carbonyl (C=O) groups is 3. The highest BCUT2D eigenvalue weighted by Gasteiger charge is 2.38. The second-order valence-electron chi connectivity index (χ2n) is 23.5. The molecule has 2 fully saturated rings. The van der Waals surface area contributed by atoms with Gasteiger partial charge in [0, 0.05) is 81.4 Å². The maximum absolute atomic E-state index is 14.8. The molecule has 22 heteroatoms. The van der Waals surface area contributed by atoms with Crippen LogP contribution in [0.3, 0.4) is 0 Å². The molecule has 87 heavy (non-hydrogen) atoms. The lowest BCUT2D eigenvalue weighted by Gasteiger charge is -2.36. The first-order valence-electron chi connectivity index (χ1n) is 29.7. The van der Waals surface area contributed by atoms with E-state index < -0.39 is 11.4 Å². The van der Waals surface area contributed by atoms with Crippen LogP contribution in [0.1, 0.15) is 122 Å². The van der Waals surface area contributed by atoms with Crippen molar-refractivity contribution >= 4 is 58.5 Å². The number of halogens is 3. The Balaban J connectivity index is 0.767. The van der Waals surface area contributed by atoms with Crippen LogP contribution in [0.15, 0.2) is 96.1 Å². The summed E-state index contributed by atoms with van der Waals surface area (Å²) in [5.41, 5.74) is 11.3. The fraction of sp³-hybridized carbons (Fsp3) is 0.446. The number of nitrogens with zero attached hydrogens (tertiary/aromatic N) is 11. The average molecular weight is 1230 g/mol. The maximum Gasteiger partial charge on any atom is 0.323 e. The summed E-state index contributed by atoms with van der Waals surface area (Å²) in [6, 6.07) is 27.3. The smallest absolute Gasteiger partial charge is 0.323 e. The highest BCUT2D eigenvalue weighted by atomic mass is 35.5. The lowest BCUT2D eigenvalue weighted by Crippen LogP contribution is -2.53. The summed E-state index contributed by atoms with van der Waals surface area (Å²) in [6.45, 7) is 18.2. The molecule has 6 aromatic rings. The average Bonchev–Trinajstić information content (AvgIpc) is 1.88. The van der Waals surface area contributed by atoms with Gasteiger partial charge < -0.3 is 39.5 Å². The van der Waals surface area contributed by atoms with Gasteiger partial charge >= 0.3 is 6.03 Å². The van der Waals surface area contributed by atoms with Gasteiger partial charge in [0.05, 0.1) is 92.8 Å². The third kappa shape index (κ3) is 14.8. The number of aromatic nitrogens is 4. The minimum atomic E-state index is -0.898. The number of nitrogens with one attached hydrogen (secondary N) is 1. The van der Waals surface area contributed by atoms with E-state index >= 15 is 0 Å². The van der Waals surface area contributed by atoms with Gasteiger partial charge in [-0.2, -0.15) is 10.4 Å². The minimum Gasteiger partial charge on any atom is -0.493 e. The van der Waals surface area contributed by atoms with Crippen molar-refractivity contribution in [1.82, 2.24) is 44.7 Å². The molecule has 4 aromatic carbocycles. The van der Waals surface area contributed by atoms with Crippen molar-refractivity contribution < 1.29 is 33.0 Å². The molecule has 3 aliphatic heterocycles. The SMILES string of the molecule is CCOc1cc(C(C)(C)C)ccc1C(=N[C@@](C)(c1ccc(Cl)cc1)C(C)c1ccc(Cl)cc1)NC(=O)N1CCN(CCOCCOCCC(=O)N(C)CCn2nc(C#N)c3c2CN(C)C(=O)c2ccc(F)cc2[C@H]2CCCN2c2nc-3cnc2N)CC1. The zero-order chi connectivity index (χ0) is 62.2. The maximum atomic E-state index is 14.8. The Morgan fingerprint density at radius 2 is 1.61 bits per heavy atom. The summed E-state index contributed by atoms with van der Waals surface area (Å²) >= 11 is 12.8. The number of amidine groups is 1. The molecule has 2 bridgehead atoms. The number of aliphatic imine (C=N–C) groups is 1. The number of likely N-dealkylation sites (N-methyl/N-ethyl adjacent to an activating group) is 1. The fourth-order valence-electron chi connectivity index (χ4n) is 11.5. The quantitative estimate of drug-likeness (QED) is 0.0439. The Kier molecular flexibility index (Phi) is 20.5. The van der Waals surface area contributed by atoms with E-state index in [1.807, 2.05) is 77.4 Å². The Morgan fingerprint density at radius 1 is 0.920 bits per heavy atom. The summed E-state index contributed by atoms with van der Waals surface area (Å²) in [6.07, 6.45) is 3.03. The number of nitrogen functional groups attached to an aromatic ring is 1. The van der Waals surface area contributed by atoms with Crippen LogP contribution in [0.5, 0.6) is 5.75 Å². The fourth-order valence-corrected chi connectivity index (χ4v) is 11.7. The van der Waals surface area contributed by atoms with Gasteiger partial charge in [-0.05, 0) is 109 Å². The van der Waals surface area contributed by atoms with Gasteiger partial charge in [-0.15, -0.1) is 0 Å². The predicted octanol–water partition coefficient (Wildman–Crippen LogP) is 10.2. The monoisotopic (exact) mass is 1230 g/mol. The third-order valence-electron chi connectivity index (χ3n) is 16.8. The Bertz CT molecular complexity index is 3510. The van der Waals surface area contributed by atoms with E-state index in [0.29, 0.717) is 133 Å². The number of nitrogens with two attached hydrogens (primary N) is 1. The molecule has 19 nitrogen and oxygen atoms in total. The van der Waals surface area contributed by atoms with E-state index in [1.165, 1.54) is 29.3 Å². The largest absolute Gasteiger partial charge is 0.493 e. The van der Waals surface area contributed by atoms with Crippen molar-refractivity contribution in [3.8, 4) is 23.1 Å². The van der Waals surface area contributed by atoms with E-state index in [9.17, 15) is 24.0 Å². The molecule has 1 unspecified atom stereocenters. The van der Waals surface area contributed by atoms with Crippen molar-refractivity contribution in [3.05, 3.63) is 152 Å². The summed E-state index contributed by atoms with van der Waals surface area (Å²) in [5, 5.41) is 19.5. The number of anilines is 2. The van der Waals surface area contributed by atoms with Gasteiger partial charge in [-0.3, -0.25) is 29.5 Å². The molecule has 3 atom stereocenters. The third-order valence-corrected chi connectivity index (χ3v) is 17.3. The normalized spacial score (nSPS) is 16.6. The van der Waals surface area contributed by atoms with Crippen molar-refractivity contribution in [2.45, 2.75) is 96.8 Å². The lowest BCUT2D eigenvalue weighted by atomic mass is 9.77. The molecule has 3 aliphatic rings. The zero-order valence-electron chi connectivity index (χ0n) is 50.9. The van der Waals surface area contributed by atoms with Crippen LogP contribution >= 0.6 is 23.2 Å². The lowest BCUT2D eigenvalue weighted by molar-refractivity contribution is -0.131. The Labute approximate surface area is 519 Å². The predicted molar refractivity (Wildman–Crippen MR) is 336 cm³/mol. The van der Waals surface area contributed by atoms with Crippen LogP contribution in [0.25, 0.3) is 11.3 Å². The molecule has 0 aliphatic carbocycles. The summed E-state index contributed by atoms with van der Waals surface area (Å²) in [7, 11) is 3.34. The number of hydrogen-bond donors (Lipinski definition) is 2. The second-order valence-corrected chi connectivity index (χ2v) is 24.4. The second kappa shape index (κ2) is 28.0. The molecule has 0 saturated carbocycles. The van der Waals surface area contributed by atoms with Crippen molar-refractivity contribution in [3.63, 3.8) is 0 Å². The number of hydrogen-bond acceptors (Lipinski definition) is 14. The first-order chi connectivity index (χ1) is 41.7. The molecule has 2 saturated heterocycles. The Morgan fingerprint density at radius 3 is 2.30 bits per heavy atom. The first kappa shape index (κ1) is 63.8. The molecule has 2 aromatic heterocycles. The molecule has 5 heterocycles. The highest BCUT2D eigenvalue weighted by Crippen LogP contribution is 2.44. The first-order valence-corrected chi connectivity index (χ1v) is 30.4. The summed E-state index contributed by atoms with van der Waals surface area (Å²) in [4.78, 5) is 66.1. The standard InChI is InChI=1S/C65H78Cl2FN13O6/c1-9-87-56-37-45(64(3,4)5)16-22-50(56)60(74-65(6,44-14-19-47(67)20-15-44)42(2)43-12-17-46(66)18-13-43)73-63(84)79-29-27-78(28-30-79)32-34-86-36-35-85-33-24-57(82)76(7)26-31-81-55-41-77(8)62(83)49-23-21-48(68)38-51(49)54-11-10-25-80(54)61-59(70)71-40-53(72-61)58(55)52(39-69)75-81/h12-23,37-38,40,42,54H,9-11,24-36,41H2,1-8H3,(H2,70,71)(H,73,74,84)/t42?,54-,65-/m1/s1. The van der Waals surface area contributed by atoms with Gasteiger partial charge in [-0.25, -0.2) is 19.2 Å². The van der Waals surface area contributed by atoms with E-state index in [2.05, 4.69) is 67.1 Å². The number of ether oxygens (including phenoxy) is 3. The number of urea groups is 1. The molecule has 0 spiro atoms. The number of fused-ring (bicyclic) bond motifs is 8. The van der Waals surface area contributed by atoms with Crippen molar-refractivity contribution in [2.24, 2.45) is 4.99 Å². The molecule has 9 rings (SSSR count). The van der Waals surface area contributed by atoms with Crippen LogP contribution < -0.4 is 20.7 Å². The molecule has 3 N–H and O–H groups in total. The van der Waals surface area contributed by atoms with Crippen LogP contribution in [0.2, 0.25) is 10.0 Å². The molecular weight excluding hydrogens is 1150 g/mol. The molecule has 460 valence electrons. The van der Waals surface area contributed by atoms with Crippen LogP contribution in [-0.4, -0.2) is 156 Å². The number of rotatable bonds is 19. The summed E-state index contributed by atoms with van der Waals surface area (Å²) < 4.78 is 34.6. The minimum absolute atomic E-state index is 0.0287. The van der Waals surface area contributed by atoms with Crippen molar-refractivity contribution in [1.29, 1.82) is 5.26 Å². The highest BCUT2D eigenvalue weighted by molar-refractivity contribution is 6.30. The Hall–Kier alpha value is -7.67. The topological polar surface area (TPSA) is 213 Å². The van der Waals surface area contributed by atoms with Crippen LogP contribution in [-0.2, 0) is 38.3 Å². The van der Waals surface area contributed by atoms with Gasteiger partial charge in [0.1, 0.15) is 23.5 Å². The number of amides is 4. The van der Waals surface area contributed by atoms with Gasteiger partial charge in [0.2, 0.25) is 5.91 Å². The number of piperazine rings is 1. The summed E-state index contributed by atoms with van der Waals surface area (Å²) in [5.74, 6) is 0.459. The van der Waals surface area contributed by atoms with Gasteiger partial charge in [0.15, 0.2) is 17.3 Å². The zero-order valence-corrected chi connectivity index (χ0v) is 52.4. The van der Waals surface area contributed by atoms with Crippen LogP contribution in [0, 0.1) is 17.1 Å². The van der Waals surface area contributed by atoms with E-state index in [4.69, 9.17) is 53.1 Å². The molecule has 4 amide bonds. The molecular formula is C65H78Cl2FN13O6. The number of nitriles is 1. The number of benzene rings is 4. The van der Waals surface area contributed by atoms with Crippen molar-refractivity contribution in [2.75, 3.05) is 104 Å². The van der Waals surface area contributed by atoms with E-state index in [0.717, 1.165) is 23.1 Å². The van der Waals surface area contributed by atoms with Gasteiger partial charge in [-0.1, -0.05) is 81.2 Å². The number of carbonyl (C=O) groups excluding carboxylic acids is 3. The van der Waals surface area contributed by atoms with E-state index in [1.54, 1.807) is 23.7 Å². The molecule has 0 radical (unpaired) electrons.